The van der Waals surface area contributed by atoms with Crippen LogP contribution in [0.1, 0.15) is 34.7 Å². The normalized spacial score (nSPS) is 12.0. The fourth-order valence-corrected chi connectivity index (χ4v) is 2.74. The molecule has 0 fully saturated rings. The van der Waals surface area contributed by atoms with E-state index in [1.165, 1.54) is 12.1 Å². The van der Waals surface area contributed by atoms with E-state index in [1.54, 1.807) is 0 Å². The minimum absolute atomic E-state index is 0.0945. The summed E-state index contributed by atoms with van der Waals surface area (Å²) in [5, 5.41) is 12.1. The van der Waals surface area contributed by atoms with Crippen molar-refractivity contribution in [3.05, 3.63) is 70.5 Å². The summed E-state index contributed by atoms with van der Waals surface area (Å²) in [6.07, 6.45) is 1.34. The third-order valence-corrected chi connectivity index (χ3v) is 4.02. The van der Waals surface area contributed by atoms with E-state index in [0.29, 0.717) is 19.4 Å². The van der Waals surface area contributed by atoms with Crippen LogP contribution < -0.4 is 5.32 Å². The predicted octanol–water partition coefficient (Wildman–Crippen LogP) is 3.77. The summed E-state index contributed by atoms with van der Waals surface area (Å²) < 4.78 is 13.0. The van der Waals surface area contributed by atoms with Crippen molar-refractivity contribution in [2.75, 3.05) is 13.2 Å². The molecule has 3 nitrogen and oxygen atoms in total. The van der Waals surface area contributed by atoms with E-state index in [1.807, 2.05) is 30.3 Å². The largest absolute Gasteiger partial charge is 0.396 e. The highest BCUT2D eigenvalue weighted by molar-refractivity contribution is 6.33. The SMILES string of the molecule is O=C(NCC[C@@H](CCO)c1ccccc1)c1ccc(F)cc1Cl. The monoisotopic (exact) mass is 335 g/mol. The second-order valence-corrected chi connectivity index (χ2v) is 5.70. The maximum absolute atomic E-state index is 13.0. The number of halogens is 2. The highest BCUT2D eigenvalue weighted by atomic mass is 35.5. The van der Waals surface area contributed by atoms with Gasteiger partial charge >= 0.3 is 0 Å². The summed E-state index contributed by atoms with van der Waals surface area (Å²) in [5.74, 6) is -0.630. The van der Waals surface area contributed by atoms with Gasteiger partial charge in [0.1, 0.15) is 5.82 Å². The van der Waals surface area contributed by atoms with Crippen LogP contribution in [-0.4, -0.2) is 24.2 Å². The maximum Gasteiger partial charge on any atom is 0.252 e. The number of rotatable bonds is 7. The van der Waals surface area contributed by atoms with Crippen LogP contribution >= 0.6 is 11.6 Å². The molecule has 1 atom stereocenters. The Balaban J connectivity index is 1.93. The lowest BCUT2D eigenvalue weighted by molar-refractivity contribution is 0.0952. The number of benzene rings is 2. The predicted molar refractivity (Wildman–Crippen MR) is 89.2 cm³/mol. The number of aliphatic hydroxyl groups excluding tert-OH is 1. The summed E-state index contributed by atoms with van der Waals surface area (Å²) in [6.45, 7) is 0.545. The van der Waals surface area contributed by atoms with E-state index in [0.717, 1.165) is 11.6 Å². The van der Waals surface area contributed by atoms with Gasteiger partial charge in [-0.15, -0.1) is 0 Å². The first-order valence-electron chi connectivity index (χ1n) is 7.51. The van der Waals surface area contributed by atoms with Gasteiger partial charge in [-0.3, -0.25) is 4.79 Å². The lowest BCUT2D eigenvalue weighted by Crippen LogP contribution is -2.26. The number of amides is 1. The molecule has 2 rings (SSSR count). The van der Waals surface area contributed by atoms with Crippen LogP contribution in [0.5, 0.6) is 0 Å². The lowest BCUT2D eigenvalue weighted by Gasteiger charge is -2.16. The number of nitrogens with one attached hydrogen (secondary N) is 1. The maximum atomic E-state index is 13.0. The van der Waals surface area contributed by atoms with Crippen molar-refractivity contribution in [3.8, 4) is 0 Å². The molecule has 0 unspecified atom stereocenters. The average Bonchev–Trinajstić information content (AvgIpc) is 2.54. The molecular formula is C18H19ClFNO2. The topological polar surface area (TPSA) is 49.3 Å². The summed E-state index contributed by atoms with van der Waals surface area (Å²) in [5.41, 5.74) is 1.39. The van der Waals surface area contributed by atoms with Crippen molar-refractivity contribution in [3.63, 3.8) is 0 Å². The molecule has 0 bridgehead atoms. The molecule has 0 radical (unpaired) electrons. The Bertz CT molecular complexity index is 649. The zero-order valence-corrected chi connectivity index (χ0v) is 13.4. The summed E-state index contributed by atoms with van der Waals surface area (Å²) in [4.78, 5) is 12.1. The molecule has 1 amide bonds. The van der Waals surface area contributed by atoms with Crippen molar-refractivity contribution in [1.82, 2.24) is 5.32 Å². The van der Waals surface area contributed by atoms with Crippen molar-refractivity contribution in [2.24, 2.45) is 0 Å². The van der Waals surface area contributed by atoms with Crippen LogP contribution in [-0.2, 0) is 0 Å². The number of carbonyl (C=O) groups excluding carboxylic acids is 1. The van der Waals surface area contributed by atoms with Gasteiger partial charge < -0.3 is 10.4 Å². The number of hydrogen-bond donors (Lipinski definition) is 2. The summed E-state index contributed by atoms with van der Waals surface area (Å²) in [6, 6.07) is 13.6. The molecule has 0 aliphatic carbocycles. The quantitative estimate of drug-likeness (QED) is 0.809. The van der Waals surface area contributed by atoms with Crippen LogP contribution in [0.4, 0.5) is 4.39 Å². The molecule has 122 valence electrons. The van der Waals surface area contributed by atoms with E-state index in [-0.39, 0.29) is 29.0 Å². The van der Waals surface area contributed by atoms with Crippen LogP contribution in [0, 0.1) is 5.82 Å². The first-order valence-corrected chi connectivity index (χ1v) is 7.88. The van der Waals surface area contributed by atoms with Crippen LogP contribution in [0.15, 0.2) is 48.5 Å². The number of aliphatic hydroxyl groups is 1. The Morgan fingerprint density at radius 2 is 1.91 bits per heavy atom. The smallest absolute Gasteiger partial charge is 0.252 e. The number of carbonyl (C=O) groups is 1. The first-order chi connectivity index (χ1) is 11.1. The molecule has 0 saturated carbocycles. The molecular weight excluding hydrogens is 317 g/mol. The molecule has 2 aromatic carbocycles. The van der Waals surface area contributed by atoms with Gasteiger partial charge in [-0.05, 0) is 42.5 Å². The van der Waals surface area contributed by atoms with Crippen molar-refractivity contribution in [2.45, 2.75) is 18.8 Å². The Morgan fingerprint density at radius 1 is 1.17 bits per heavy atom. The standard InChI is InChI=1S/C18H19ClFNO2/c19-17-12-15(20)6-7-16(17)18(23)21-10-8-14(9-11-22)13-4-2-1-3-5-13/h1-7,12,14,22H,8-11H2,(H,21,23)/t14-/m0/s1. The molecule has 2 aromatic rings. The molecule has 0 saturated heterocycles. The highest BCUT2D eigenvalue weighted by Crippen LogP contribution is 2.22. The van der Waals surface area contributed by atoms with E-state index < -0.39 is 5.82 Å². The van der Waals surface area contributed by atoms with Gasteiger partial charge in [0, 0.05) is 13.2 Å². The molecule has 0 aliphatic rings. The molecule has 0 aromatic heterocycles. The third kappa shape index (κ3) is 5.05. The van der Waals surface area contributed by atoms with Crippen LogP contribution in [0.3, 0.4) is 0 Å². The summed E-state index contributed by atoms with van der Waals surface area (Å²) >= 11 is 5.88. The van der Waals surface area contributed by atoms with Crippen LogP contribution in [0.25, 0.3) is 0 Å². The van der Waals surface area contributed by atoms with E-state index in [4.69, 9.17) is 11.6 Å². The fourth-order valence-electron chi connectivity index (χ4n) is 2.49. The van der Waals surface area contributed by atoms with Gasteiger partial charge in [-0.25, -0.2) is 4.39 Å². The zero-order valence-electron chi connectivity index (χ0n) is 12.6. The lowest BCUT2D eigenvalue weighted by atomic mass is 9.93. The highest BCUT2D eigenvalue weighted by Gasteiger charge is 2.14. The Morgan fingerprint density at radius 3 is 2.57 bits per heavy atom. The van der Waals surface area contributed by atoms with Crippen molar-refractivity contribution < 1.29 is 14.3 Å². The molecule has 2 N–H and O–H groups in total. The minimum Gasteiger partial charge on any atom is -0.396 e. The van der Waals surface area contributed by atoms with Gasteiger partial charge in [-0.2, -0.15) is 0 Å². The average molecular weight is 336 g/mol. The van der Waals surface area contributed by atoms with E-state index in [2.05, 4.69) is 5.32 Å². The molecule has 0 spiro atoms. The Hall–Kier alpha value is -1.91. The molecule has 23 heavy (non-hydrogen) atoms. The molecule has 0 heterocycles. The summed E-state index contributed by atoms with van der Waals surface area (Å²) in [7, 11) is 0. The second kappa shape index (κ2) is 8.65. The van der Waals surface area contributed by atoms with Gasteiger partial charge in [0.05, 0.1) is 10.6 Å². The van der Waals surface area contributed by atoms with Gasteiger partial charge in [0.25, 0.3) is 5.91 Å². The Labute approximate surface area is 140 Å². The fraction of sp³-hybridized carbons (Fsp3) is 0.278. The molecule has 0 aliphatic heterocycles. The van der Waals surface area contributed by atoms with Crippen molar-refractivity contribution >= 4 is 17.5 Å². The molecule has 5 heteroatoms. The van der Waals surface area contributed by atoms with Gasteiger partial charge in [0.15, 0.2) is 0 Å². The first kappa shape index (κ1) is 17.4. The second-order valence-electron chi connectivity index (χ2n) is 5.29. The van der Waals surface area contributed by atoms with E-state index in [9.17, 15) is 14.3 Å². The van der Waals surface area contributed by atoms with Crippen molar-refractivity contribution in [1.29, 1.82) is 0 Å². The van der Waals surface area contributed by atoms with Gasteiger partial charge in [-0.1, -0.05) is 41.9 Å². The van der Waals surface area contributed by atoms with E-state index >= 15 is 0 Å². The Kier molecular flexibility index (Phi) is 6.56. The van der Waals surface area contributed by atoms with Gasteiger partial charge in [0.2, 0.25) is 0 Å². The zero-order chi connectivity index (χ0) is 16.7. The number of hydrogen-bond acceptors (Lipinski definition) is 2. The minimum atomic E-state index is -0.473. The third-order valence-electron chi connectivity index (χ3n) is 3.70. The van der Waals surface area contributed by atoms with Crippen LogP contribution in [0.2, 0.25) is 5.02 Å².